The van der Waals surface area contributed by atoms with E-state index in [-0.39, 0.29) is 22.9 Å². The van der Waals surface area contributed by atoms with Crippen molar-refractivity contribution in [2.45, 2.75) is 11.4 Å². The van der Waals surface area contributed by atoms with Gasteiger partial charge < -0.3 is 10.1 Å². The van der Waals surface area contributed by atoms with Crippen molar-refractivity contribution in [2.75, 3.05) is 11.9 Å². The summed E-state index contributed by atoms with van der Waals surface area (Å²) in [5.74, 6) is -2.40. The summed E-state index contributed by atoms with van der Waals surface area (Å²) in [4.78, 5) is 11.9. The Balaban J connectivity index is 1.53. The molecule has 0 atom stereocenters. The molecule has 6 nitrogen and oxygen atoms in total. The summed E-state index contributed by atoms with van der Waals surface area (Å²) in [5, 5.41) is 2.37. The van der Waals surface area contributed by atoms with Crippen molar-refractivity contribution in [2.24, 2.45) is 0 Å². The molecule has 3 rings (SSSR count). The molecule has 3 aromatic rings. The summed E-state index contributed by atoms with van der Waals surface area (Å²) in [7, 11) is -3.71. The van der Waals surface area contributed by atoms with Crippen molar-refractivity contribution < 1.29 is 26.7 Å². The first kappa shape index (κ1) is 21.4. The van der Waals surface area contributed by atoms with Crippen LogP contribution < -0.4 is 14.8 Å². The fourth-order valence-corrected chi connectivity index (χ4v) is 3.51. The Morgan fingerprint density at radius 3 is 2.27 bits per heavy atom. The molecule has 0 aromatic heterocycles. The second kappa shape index (κ2) is 9.47. The molecule has 0 unspecified atom stereocenters. The Labute approximate surface area is 172 Å². The van der Waals surface area contributed by atoms with Crippen molar-refractivity contribution >= 4 is 21.6 Å². The van der Waals surface area contributed by atoms with Crippen LogP contribution in [0.4, 0.5) is 14.5 Å². The zero-order valence-electron chi connectivity index (χ0n) is 15.6. The number of anilines is 1. The molecule has 0 saturated heterocycles. The van der Waals surface area contributed by atoms with Gasteiger partial charge in [0.1, 0.15) is 5.75 Å². The van der Waals surface area contributed by atoms with Crippen LogP contribution in [0.1, 0.15) is 5.56 Å². The normalized spacial score (nSPS) is 11.1. The second-order valence-corrected chi connectivity index (χ2v) is 8.01. The quantitative estimate of drug-likeness (QED) is 0.571. The van der Waals surface area contributed by atoms with E-state index in [4.69, 9.17) is 4.74 Å². The van der Waals surface area contributed by atoms with Crippen molar-refractivity contribution in [3.8, 4) is 5.75 Å². The Kier molecular flexibility index (Phi) is 6.76. The Hall–Kier alpha value is -3.30. The van der Waals surface area contributed by atoms with Gasteiger partial charge in [0.2, 0.25) is 10.0 Å². The van der Waals surface area contributed by atoms with Gasteiger partial charge >= 0.3 is 0 Å². The first-order valence-corrected chi connectivity index (χ1v) is 10.3. The first-order chi connectivity index (χ1) is 14.3. The molecule has 0 radical (unpaired) electrons. The number of amides is 1. The lowest BCUT2D eigenvalue weighted by Gasteiger charge is -2.10. The van der Waals surface area contributed by atoms with Crippen LogP contribution in [0.2, 0.25) is 0 Å². The maximum absolute atomic E-state index is 13.2. The molecule has 30 heavy (non-hydrogen) atoms. The largest absolute Gasteiger partial charge is 0.484 e. The lowest BCUT2D eigenvalue weighted by molar-refractivity contribution is -0.118. The number of ether oxygens (including phenoxy) is 1. The molecule has 0 spiro atoms. The lowest BCUT2D eigenvalue weighted by atomic mass is 10.2. The lowest BCUT2D eigenvalue weighted by Crippen LogP contribution is -2.23. The van der Waals surface area contributed by atoms with Gasteiger partial charge in [-0.15, -0.1) is 0 Å². The summed E-state index contributed by atoms with van der Waals surface area (Å²) in [5.41, 5.74) is 0.918. The molecule has 2 N–H and O–H groups in total. The van der Waals surface area contributed by atoms with Crippen molar-refractivity contribution in [1.82, 2.24) is 4.72 Å². The number of benzene rings is 3. The van der Waals surface area contributed by atoms with Gasteiger partial charge in [0.25, 0.3) is 5.91 Å². The van der Waals surface area contributed by atoms with E-state index in [1.807, 2.05) is 30.3 Å². The molecular formula is C21H18F2N2O4S. The van der Waals surface area contributed by atoms with E-state index in [9.17, 15) is 22.0 Å². The molecule has 0 heterocycles. The zero-order valence-corrected chi connectivity index (χ0v) is 16.5. The number of sulfonamides is 1. The smallest absolute Gasteiger partial charge is 0.262 e. The zero-order chi connectivity index (χ0) is 21.6. The standard InChI is InChI=1S/C21H18F2N2O4S/c22-19-11-6-16(12-20(19)23)25-21(26)14-29-17-7-9-18(10-8-17)30(27,28)24-13-15-4-2-1-3-5-15/h1-12,24H,13-14H2,(H,25,26). The van der Waals surface area contributed by atoms with Gasteiger partial charge in [0, 0.05) is 18.3 Å². The van der Waals surface area contributed by atoms with Crippen LogP contribution in [0, 0.1) is 11.6 Å². The van der Waals surface area contributed by atoms with Crippen LogP contribution >= 0.6 is 0 Å². The van der Waals surface area contributed by atoms with Crippen molar-refractivity contribution in [3.63, 3.8) is 0 Å². The number of carbonyl (C=O) groups is 1. The third kappa shape index (κ3) is 5.85. The fraction of sp³-hybridized carbons (Fsp3) is 0.0952. The molecule has 0 fully saturated rings. The molecule has 0 aliphatic rings. The third-order valence-corrected chi connectivity index (χ3v) is 5.43. The highest BCUT2D eigenvalue weighted by molar-refractivity contribution is 7.89. The van der Waals surface area contributed by atoms with Gasteiger partial charge in [-0.05, 0) is 42.0 Å². The van der Waals surface area contributed by atoms with Gasteiger partial charge in [-0.2, -0.15) is 0 Å². The maximum Gasteiger partial charge on any atom is 0.262 e. The van der Waals surface area contributed by atoms with Crippen LogP contribution in [-0.4, -0.2) is 20.9 Å². The molecule has 1 amide bonds. The molecule has 0 saturated carbocycles. The predicted octanol–water partition coefficient (Wildman–Crippen LogP) is 3.46. The van der Waals surface area contributed by atoms with E-state index in [0.29, 0.717) is 0 Å². The van der Waals surface area contributed by atoms with Crippen molar-refractivity contribution in [3.05, 3.63) is 90.0 Å². The number of nitrogens with one attached hydrogen (secondary N) is 2. The van der Waals surface area contributed by atoms with E-state index in [2.05, 4.69) is 10.0 Å². The van der Waals surface area contributed by atoms with Gasteiger partial charge in [0.05, 0.1) is 4.90 Å². The maximum atomic E-state index is 13.2. The minimum absolute atomic E-state index is 0.0528. The molecule has 9 heteroatoms. The number of halogens is 2. The number of carbonyl (C=O) groups excluding carboxylic acids is 1. The van der Waals surface area contributed by atoms with Crippen LogP contribution in [0.15, 0.2) is 77.7 Å². The number of rotatable bonds is 8. The highest BCUT2D eigenvalue weighted by atomic mass is 32.2. The SMILES string of the molecule is O=C(COc1ccc(S(=O)(=O)NCc2ccccc2)cc1)Nc1ccc(F)c(F)c1. The Morgan fingerprint density at radius 1 is 0.900 bits per heavy atom. The molecule has 0 aliphatic heterocycles. The third-order valence-electron chi connectivity index (χ3n) is 4.02. The van der Waals surface area contributed by atoms with Gasteiger partial charge in [-0.25, -0.2) is 21.9 Å². The van der Waals surface area contributed by atoms with Gasteiger partial charge in [0.15, 0.2) is 18.2 Å². The molecule has 0 bridgehead atoms. The summed E-state index contributed by atoms with van der Waals surface area (Å²) in [6.07, 6.45) is 0. The Morgan fingerprint density at radius 2 is 1.60 bits per heavy atom. The van der Waals surface area contributed by atoms with Crippen LogP contribution in [0.25, 0.3) is 0 Å². The highest BCUT2D eigenvalue weighted by Gasteiger charge is 2.14. The van der Waals surface area contributed by atoms with Gasteiger partial charge in [-0.3, -0.25) is 4.79 Å². The summed E-state index contributed by atoms with van der Waals surface area (Å²) >= 11 is 0. The van der Waals surface area contributed by atoms with E-state index in [0.717, 1.165) is 17.7 Å². The van der Waals surface area contributed by atoms with E-state index < -0.39 is 34.2 Å². The summed E-state index contributed by atoms with van der Waals surface area (Å²) in [6, 6.07) is 17.6. The van der Waals surface area contributed by atoms with Crippen LogP contribution in [0.5, 0.6) is 5.75 Å². The van der Waals surface area contributed by atoms with Crippen LogP contribution in [-0.2, 0) is 21.4 Å². The average molecular weight is 432 g/mol. The number of hydrogen-bond acceptors (Lipinski definition) is 4. The monoisotopic (exact) mass is 432 g/mol. The fourth-order valence-electron chi connectivity index (χ4n) is 2.49. The molecule has 156 valence electrons. The average Bonchev–Trinajstić information content (AvgIpc) is 2.74. The van der Waals surface area contributed by atoms with Crippen molar-refractivity contribution in [1.29, 1.82) is 0 Å². The summed E-state index contributed by atoms with van der Waals surface area (Å²) < 4.78 is 58.6. The highest BCUT2D eigenvalue weighted by Crippen LogP contribution is 2.17. The number of hydrogen-bond donors (Lipinski definition) is 2. The van der Waals surface area contributed by atoms with Crippen LogP contribution in [0.3, 0.4) is 0 Å². The summed E-state index contributed by atoms with van der Waals surface area (Å²) in [6.45, 7) is -0.233. The molecule has 3 aromatic carbocycles. The topological polar surface area (TPSA) is 84.5 Å². The van der Waals surface area contributed by atoms with E-state index in [1.165, 1.54) is 30.3 Å². The molecular weight excluding hydrogens is 414 g/mol. The minimum Gasteiger partial charge on any atom is -0.484 e. The first-order valence-electron chi connectivity index (χ1n) is 8.85. The van der Waals surface area contributed by atoms with Gasteiger partial charge in [-0.1, -0.05) is 30.3 Å². The van der Waals surface area contributed by atoms with E-state index >= 15 is 0 Å². The Bertz CT molecular complexity index is 1120. The minimum atomic E-state index is -3.71. The molecule has 0 aliphatic carbocycles. The predicted molar refractivity (Wildman–Crippen MR) is 107 cm³/mol. The second-order valence-electron chi connectivity index (χ2n) is 6.25. The van der Waals surface area contributed by atoms with E-state index in [1.54, 1.807) is 0 Å².